The van der Waals surface area contributed by atoms with Crippen molar-refractivity contribution in [3.8, 4) is 0 Å². The van der Waals surface area contributed by atoms with Crippen molar-refractivity contribution in [3.05, 3.63) is 60.2 Å². The number of piperidine rings is 1. The van der Waals surface area contributed by atoms with Crippen LogP contribution in [0.15, 0.2) is 48.8 Å². The molecule has 0 atom stereocenters. The number of carbonyl (C=O) groups excluding carboxylic acids is 1. The van der Waals surface area contributed by atoms with Crippen LogP contribution in [0, 0.1) is 5.41 Å². The Morgan fingerprint density at radius 1 is 1.18 bits per heavy atom. The molecule has 0 N–H and O–H groups in total. The molecule has 0 radical (unpaired) electrons. The van der Waals surface area contributed by atoms with Crippen LogP contribution in [0.5, 0.6) is 0 Å². The molecule has 4 rings (SSSR count). The molecule has 1 amide bonds. The number of carbonyl (C=O) groups is 1. The molecular weight excluding hydrogens is 348 g/mol. The van der Waals surface area contributed by atoms with E-state index in [-0.39, 0.29) is 5.41 Å². The molecule has 2 saturated heterocycles. The molecule has 28 heavy (non-hydrogen) atoms. The third-order valence-electron chi connectivity index (χ3n) is 6.27. The second-order valence-electron chi connectivity index (χ2n) is 8.17. The summed E-state index contributed by atoms with van der Waals surface area (Å²) in [6, 6.07) is 10.3. The topological polar surface area (TPSA) is 41.4 Å². The summed E-state index contributed by atoms with van der Waals surface area (Å²) in [5, 5.41) is 0. The molecular formula is C23H30N4O. The van der Waals surface area contributed by atoms with Gasteiger partial charge in [0.05, 0.1) is 6.54 Å². The summed E-state index contributed by atoms with van der Waals surface area (Å²) in [5.74, 6) is 1.46. The first kappa shape index (κ1) is 18.9. The van der Waals surface area contributed by atoms with Gasteiger partial charge < -0.3 is 9.47 Å². The molecule has 0 aliphatic carbocycles. The number of nitrogens with zero attached hydrogens (tertiary/aromatic N) is 4. The third-order valence-corrected chi connectivity index (χ3v) is 6.27. The number of imidazole rings is 1. The van der Waals surface area contributed by atoms with Crippen LogP contribution in [0.1, 0.15) is 37.6 Å². The van der Waals surface area contributed by atoms with Gasteiger partial charge in [0.1, 0.15) is 5.82 Å². The van der Waals surface area contributed by atoms with Gasteiger partial charge >= 0.3 is 0 Å². The molecule has 0 bridgehead atoms. The van der Waals surface area contributed by atoms with Gasteiger partial charge in [-0.25, -0.2) is 4.98 Å². The smallest absolute Gasteiger partial charge is 0.223 e. The van der Waals surface area contributed by atoms with Gasteiger partial charge in [-0.1, -0.05) is 42.5 Å². The Morgan fingerprint density at radius 2 is 1.96 bits per heavy atom. The highest BCUT2D eigenvalue weighted by molar-refractivity contribution is 5.79. The summed E-state index contributed by atoms with van der Waals surface area (Å²) < 4.78 is 2.21. The van der Waals surface area contributed by atoms with Crippen molar-refractivity contribution < 1.29 is 4.79 Å². The van der Waals surface area contributed by atoms with Crippen molar-refractivity contribution in [2.45, 2.75) is 39.3 Å². The van der Waals surface area contributed by atoms with Crippen molar-refractivity contribution in [1.29, 1.82) is 0 Å². The minimum atomic E-state index is 0.175. The highest BCUT2D eigenvalue weighted by atomic mass is 16.2. The highest BCUT2D eigenvalue weighted by Gasteiger charge is 2.44. The average Bonchev–Trinajstić information content (AvgIpc) is 3.29. The van der Waals surface area contributed by atoms with E-state index in [9.17, 15) is 4.79 Å². The summed E-state index contributed by atoms with van der Waals surface area (Å²) in [5.41, 5.74) is 1.36. The van der Waals surface area contributed by atoms with Gasteiger partial charge in [0.15, 0.2) is 0 Å². The van der Waals surface area contributed by atoms with Crippen LogP contribution in [-0.2, 0) is 17.9 Å². The normalized spacial score (nSPS) is 19.9. The third kappa shape index (κ3) is 4.20. The number of hydrogen-bond donors (Lipinski definition) is 0. The quantitative estimate of drug-likeness (QED) is 0.773. The Morgan fingerprint density at radius 3 is 2.71 bits per heavy atom. The standard InChI is InChI=1S/C23H30N4O/c1-2-26-16-12-24-21(26)18-25-14-10-23(11-15-25)17-22(28)27(19-23)13-6-9-20-7-4-3-5-8-20/h3-9,12,16H,2,10-11,13-15,17-19H2,1H3. The fourth-order valence-electron chi connectivity index (χ4n) is 4.53. The predicted octanol–water partition coefficient (Wildman–Crippen LogP) is 3.43. The summed E-state index contributed by atoms with van der Waals surface area (Å²) in [7, 11) is 0. The largest absolute Gasteiger partial charge is 0.338 e. The Hall–Kier alpha value is -2.40. The fraction of sp³-hybridized carbons (Fsp3) is 0.478. The van der Waals surface area contributed by atoms with E-state index in [1.54, 1.807) is 0 Å². The van der Waals surface area contributed by atoms with E-state index < -0.39 is 0 Å². The summed E-state index contributed by atoms with van der Waals surface area (Å²) in [6.07, 6.45) is 11.1. The lowest BCUT2D eigenvalue weighted by molar-refractivity contribution is -0.127. The van der Waals surface area contributed by atoms with E-state index in [0.29, 0.717) is 18.9 Å². The Bertz CT molecular complexity index is 818. The lowest BCUT2D eigenvalue weighted by Gasteiger charge is -2.38. The van der Waals surface area contributed by atoms with Crippen molar-refractivity contribution >= 4 is 12.0 Å². The van der Waals surface area contributed by atoms with Gasteiger partial charge in [-0.2, -0.15) is 0 Å². The van der Waals surface area contributed by atoms with Crippen molar-refractivity contribution in [1.82, 2.24) is 19.4 Å². The van der Waals surface area contributed by atoms with Crippen molar-refractivity contribution in [2.75, 3.05) is 26.2 Å². The molecule has 3 heterocycles. The van der Waals surface area contributed by atoms with Crippen LogP contribution in [0.4, 0.5) is 0 Å². The van der Waals surface area contributed by atoms with Gasteiger partial charge in [0, 0.05) is 38.4 Å². The number of amides is 1. The predicted molar refractivity (Wildman–Crippen MR) is 112 cm³/mol. The Labute approximate surface area is 167 Å². The maximum Gasteiger partial charge on any atom is 0.223 e. The number of aryl methyl sites for hydroxylation is 1. The molecule has 1 aromatic carbocycles. The second kappa shape index (κ2) is 8.31. The number of rotatable bonds is 6. The molecule has 2 aromatic rings. The zero-order valence-electron chi connectivity index (χ0n) is 16.8. The van der Waals surface area contributed by atoms with E-state index in [1.807, 2.05) is 29.3 Å². The van der Waals surface area contributed by atoms with Crippen molar-refractivity contribution in [3.63, 3.8) is 0 Å². The summed E-state index contributed by atoms with van der Waals surface area (Å²) >= 11 is 0. The lowest BCUT2D eigenvalue weighted by atomic mass is 9.77. The van der Waals surface area contributed by atoms with Gasteiger partial charge in [-0.15, -0.1) is 0 Å². The number of benzene rings is 1. The van der Waals surface area contributed by atoms with Crippen molar-refractivity contribution in [2.24, 2.45) is 5.41 Å². The first-order valence-corrected chi connectivity index (χ1v) is 10.4. The molecule has 2 fully saturated rings. The van der Waals surface area contributed by atoms with Gasteiger partial charge in [0.25, 0.3) is 0 Å². The molecule has 5 nitrogen and oxygen atoms in total. The fourth-order valence-corrected chi connectivity index (χ4v) is 4.53. The number of likely N-dealkylation sites (tertiary alicyclic amines) is 2. The first-order chi connectivity index (χ1) is 13.7. The minimum absolute atomic E-state index is 0.175. The van der Waals surface area contributed by atoms with E-state index >= 15 is 0 Å². The zero-order chi connectivity index (χ0) is 19.4. The molecule has 5 heteroatoms. The maximum absolute atomic E-state index is 12.6. The van der Waals surface area contributed by atoms with E-state index in [1.165, 1.54) is 5.56 Å². The minimum Gasteiger partial charge on any atom is -0.338 e. The molecule has 2 aliphatic heterocycles. The van der Waals surface area contributed by atoms with Crippen LogP contribution in [0.2, 0.25) is 0 Å². The van der Waals surface area contributed by atoms with E-state index in [2.05, 4.69) is 51.9 Å². The van der Waals surface area contributed by atoms with Gasteiger partial charge in [-0.3, -0.25) is 9.69 Å². The monoisotopic (exact) mass is 378 g/mol. The van der Waals surface area contributed by atoms with Gasteiger partial charge in [-0.05, 0) is 43.8 Å². The molecule has 1 spiro atoms. The van der Waals surface area contributed by atoms with Crippen LogP contribution in [0.25, 0.3) is 6.08 Å². The Balaban J connectivity index is 1.29. The van der Waals surface area contributed by atoms with Gasteiger partial charge in [0.2, 0.25) is 5.91 Å². The summed E-state index contributed by atoms with van der Waals surface area (Å²) in [4.78, 5) is 21.6. The van der Waals surface area contributed by atoms with Crippen LogP contribution < -0.4 is 0 Å². The highest BCUT2D eigenvalue weighted by Crippen LogP contribution is 2.41. The molecule has 2 aliphatic rings. The van der Waals surface area contributed by atoms with E-state index in [4.69, 9.17) is 0 Å². The first-order valence-electron chi connectivity index (χ1n) is 10.4. The maximum atomic E-state index is 12.6. The average molecular weight is 379 g/mol. The second-order valence-corrected chi connectivity index (χ2v) is 8.17. The van der Waals surface area contributed by atoms with Crippen LogP contribution >= 0.6 is 0 Å². The molecule has 1 aromatic heterocycles. The molecule has 0 unspecified atom stereocenters. The number of aromatic nitrogens is 2. The van der Waals surface area contributed by atoms with Crippen LogP contribution in [0.3, 0.4) is 0 Å². The SMILES string of the molecule is CCn1ccnc1CN1CCC2(CC1)CC(=O)N(CC=Cc1ccccc1)C2. The Kier molecular flexibility index (Phi) is 5.62. The van der Waals surface area contributed by atoms with Crippen LogP contribution in [-0.4, -0.2) is 51.4 Å². The molecule has 148 valence electrons. The molecule has 0 saturated carbocycles. The zero-order valence-corrected chi connectivity index (χ0v) is 16.8. The number of hydrogen-bond acceptors (Lipinski definition) is 3. The van der Waals surface area contributed by atoms with E-state index in [0.717, 1.165) is 51.4 Å². The lowest BCUT2D eigenvalue weighted by Crippen LogP contribution is -2.41. The summed E-state index contributed by atoms with van der Waals surface area (Å²) in [6.45, 7) is 7.76.